The first kappa shape index (κ1) is 26.6. The second-order valence-electron chi connectivity index (χ2n) is 8.43. The number of benzene rings is 3. The monoisotopic (exact) mass is 534 g/mol. The van der Waals surface area contributed by atoms with E-state index in [4.69, 9.17) is 21.1 Å². The van der Waals surface area contributed by atoms with Crippen molar-refractivity contribution in [3.63, 3.8) is 0 Å². The van der Waals surface area contributed by atoms with Gasteiger partial charge in [0.15, 0.2) is 11.5 Å². The summed E-state index contributed by atoms with van der Waals surface area (Å²) in [5, 5.41) is 2.58. The van der Waals surface area contributed by atoms with Gasteiger partial charge in [0.25, 0.3) is 11.8 Å². The van der Waals surface area contributed by atoms with E-state index in [1.807, 2.05) is 0 Å². The van der Waals surface area contributed by atoms with Gasteiger partial charge in [0, 0.05) is 16.1 Å². The number of hydrogen-bond acceptors (Lipinski definition) is 5. The summed E-state index contributed by atoms with van der Waals surface area (Å²) in [7, 11) is 1.45. The fourth-order valence-electron chi connectivity index (χ4n) is 4.04. The Kier molecular flexibility index (Phi) is 7.93. The van der Waals surface area contributed by atoms with E-state index in [1.54, 1.807) is 61.5 Å². The molecule has 1 saturated heterocycles. The maximum atomic E-state index is 14.1. The highest BCUT2D eigenvalue weighted by Gasteiger charge is 2.37. The normalized spacial score (nSPS) is 14.5. The number of hydrogen-bond donors (Lipinski definition) is 1. The predicted molar refractivity (Wildman–Crippen MR) is 143 cm³/mol. The zero-order valence-corrected chi connectivity index (χ0v) is 21.5. The zero-order chi connectivity index (χ0) is 27.4. The van der Waals surface area contributed by atoms with Crippen LogP contribution < -0.4 is 19.7 Å². The Morgan fingerprint density at radius 3 is 2.55 bits per heavy atom. The summed E-state index contributed by atoms with van der Waals surface area (Å²) in [6.07, 6.45) is 3.39. The van der Waals surface area contributed by atoms with Crippen molar-refractivity contribution in [2.24, 2.45) is 0 Å². The van der Waals surface area contributed by atoms with E-state index in [9.17, 15) is 18.8 Å². The number of allylic oxidation sites excluding steroid dienone is 1. The number of anilines is 1. The number of halogens is 2. The smallest absolute Gasteiger partial charge is 0.335 e. The number of barbiturate groups is 1. The maximum absolute atomic E-state index is 14.1. The van der Waals surface area contributed by atoms with Crippen molar-refractivity contribution < 1.29 is 28.2 Å². The molecule has 9 heteroatoms. The average molecular weight is 535 g/mol. The first-order chi connectivity index (χ1) is 18.2. The first-order valence-electron chi connectivity index (χ1n) is 11.6. The van der Waals surface area contributed by atoms with E-state index in [1.165, 1.54) is 19.3 Å². The van der Waals surface area contributed by atoms with Crippen molar-refractivity contribution in [1.29, 1.82) is 0 Å². The average Bonchev–Trinajstić information content (AvgIpc) is 2.89. The summed E-state index contributed by atoms with van der Waals surface area (Å²) < 4.78 is 25.6. The minimum absolute atomic E-state index is 0.0371. The molecule has 0 bridgehead atoms. The molecular formula is C29H24ClFN2O5. The summed E-state index contributed by atoms with van der Waals surface area (Å²) >= 11 is 6.19. The zero-order valence-electron chi connectivity index (χ0n) is 20.7. The number of ether oxygens (including phenoxy) is 2. The largest absolute Gasteiger partial charge is 0.493 e. The van der Waals surface area contributed by atoms with Gasteiger partial charge in [-0.1, -0.05) is 41.9 Å². The number of carbonyl (C=O) groups excluding carboxylic acids is 3. The van der Waals surface area contributed by atoms with Gasteiger partial charge < -0.3 is 9.47 Å². The predicted octanol–water partition coefficient (Wildman–Crippen LogP) is 5.77. The van der Waals surface area contributed by atoms with Gasteiger partial charge in [0.05, 0.1) is 12.8 Å². The molecule has 194 valence electrons. The van der Waals surface area contributed by atoms with Crippen LogP contribution in [0, 0.1) is 12.7 Å². The molecule has 0 spiro atoms. The highest BCUT2D eigenvalue weighted by molar-refractivity contribution is 6.40. The van der Waals surface area contributed by atoms with Crippen LogP contribution in [0.1, 0.15) is 22.3 Å². The van der Waals surface area contributed by atoms with Gasteiger partial charge in [0.1, 0.15) is 18.0 Å². The van der Waals surface area contributed by atoms with Crippen LogP contribution in [0.5, 0.6) is 11.5 Å². The lowest BCUT2D eigenvalue weighted by molar-refractivity contribution is -0.122. The lowest BCUT2D eigenvalue weighted by Crippen LogP contribution is -2.54. The lowest BCUT2D eigenvalue weighted by atomic mass is 10.0. The summed E-state index contributed by atoms with van der Waals surface area (Å²) in [4.78, 5) is 39.5. The van der Waals surface area contributed by atoms with Crippen molar-refractivity contribution in [2.75, 3.05) is 12.0 Å². The van der Waals surface area contributed by atoms with Crippen LogP contribution in [-0.4, -0.2) is 25.0 Å². The van der Waals surface area contributed by atoms with Gasteiger partial charge >= 0.3 is 6.03 Å². The van der Waals surface area contributed by atoms with E-state index in [0.717, 1.165) is 4.90 Å². The van der Waals surface area contributed by atoms with Crippen molar-refractivity contribution in [3.05, 3.63) is 106 Å². The van der Waals surface area contributed by atoms with Crippen LogP contribution >= 0.6 is 11.6 Å². The third-order valence-electron chi connectivity index (χ3n) is 5.96. The molecule has 0 aliphatic carbocycles. The fraction of sp³-hybridized carbons (Fsp3) is 0.138. The van der Waals surface area contributed by atoms with Gasteiger partial charge in [-0.15, -0.1) is 6.58 Å². The minimum Gasteiger partial charge on any atom is -0.493 e. The number of methoxy groups -OCH3 is 1. The van der Waals surface area contributed by atoms with E-state index in [0.29, 0.717) is 45.2 Å². The highest BCUT2D eigenvalue weighted by atomic mass is 35.5. The summed E-state index contributed by atoms with van der Waals surface area (Å²) in [5.41, 5.74) is 1.99. The molecule has 7 nitrogen and oxygen atoms in total. The van der Waals surface area contributed by atoms with E-state index in [2.05, 4.69) is 11.9 Å². The van der Waals surface area contributed by atoms with Crippen LogP contribution in [0.2, 0.25) is 5.02 Å². The Hall–Kier alpha value is -4.43. The third kappa shape index (κ3) is 5.31. The van der Waals surface area contributed by atoms with Gasteiger partial charge in [-0.3, -0.25) is 14.9 Å². The number of rotatable bonds is 8. The van der Waals surface area contributed by atoms with Gasteiger partial charge in [-0.25, -0.2) is 14.1 Å². The SMILES string of the molecule is C=CCc1cc(/C=C2\C(=O)NC(=O)N(c3cccc(Cl)c3C)C2=O)cc(OC)c1OCc1ccccc1F. The van der Waals surface area contributed by atoms with Crippen LogP contribution in [0.15, 0.2) is 72.8 Å². The highest BCUT2D eigenvalue weighted by Crippen LogP contribution is 2.36. The Morgan fingerprint density at radius 2 is 1.84 bits per heavy atom. The van der Waals surface area contributed by atoms with Crippen LogP contribution in [0.25, 0.3) is 6.08 Å². The van der Waals surface area contributed by atoms with Crippen molar-refractivity contribution in [1.82, 2.24) is 5.32 Å². The summed E-state index contributed by atoms with van der Waals surface area (Å²) in [6, 6.07) is 13.5. The van der Waals surface area contributed by atoms with Crippen LogP contribution in [0.3, 0.4) is 0 Å². The molecule has 3 aromatic rings. The molecule has 4 amide bonds. The van der Waals surface area contributed by atoms with Gasteiger partial charge in [0.2, 0.25) is 0 Å². The minimum atomic E-state index is -0.871. The summed E-state index contributed by atoms with van der Waals surface area (Å²) in [5.74, 6) is -1.33. The second kappa shape index (κ2) is 11.3. The number of carbonyl (C=O) groups is 3. The molecule has 0 unspecified atom stereocenters. The standard InChI is InChI=1S/C29H24ClFN2O5/c1-4-8-19-13-18(15-25(37-3)26(19)38-16-20-9-5-6-11-23(20)31)14-21-27(34)32-29(36)33(28(21)35)24-12-7-10-22(30)17(24)2/h4-7,9-15H,1,8,16H2,2-3H3,(H,32,34,36)/b21-14+. The van der Waals surface area contributed by atoms with Crippen molar-refractivity contribution in [2.45, 2.75) is 20.0 Å². The number of imide groups is 2. The van der Waals surface area contributed by atoms with Crippen LogP contribution in [-0.2, 0) is 22.6 Å². The molecule has 0 radical (unpaired) electrons. The van der Waals surface area contributed by atoms with Gasteiger partial charge in [-0.05, 0) is 60.9 Å². The number of urea groups is 1. The van der Waals surface area contributed by atoms with Crippen molar-refractivity contribution in [3.8, 4) is 11.5 Å². The van der Waals surface area contributed by atoms with Crippen LogP contribution in [0.4, 0.5) is 14.9 Å². The van der Waals surface area contributed by atoms with E-state index in [-0.39, 0.29) is 17.9 Å². The van der Waals surface area contributed by atoms with E-state index < -0.39 is 23.7 Å². The Labute approximate surface area is 224 Å². The third-order valence-corrected chi connectivity index (χ3v) is 6.37. The number of nitrogens with zero attached hydrogens (tertiary/aromatic N) is 1. The Bertz CT molecular complexity index is 1480. The number of nitrogens with one attached hydrogen (secondary N) is 1. The van der Waals surface area contributed by atoms with Gasteiger partial charge in [-0.2, -0.15) is 0 Å². The molecule has 1 aliphatic rings. The molecular weight excluding hydrogens is 511 g/mol. The lowest BCUT2D eigenvalue weighted by Gasteiger charge is -2.27. The quantitative estimate of drug-likeness (QED) is 0.225. The maximum Gasteiger partial charge on any atom is 0.335 e. The summed E-state index contributed by atoms with van der Waals surface area (Å²) in [6.45, 7) is 5.41. The van der Waals surface area contributed by atoms with Crippen molar-refractivity contribution >= 4 is 41.2 Å². The van der Waals surface area contributed by atoms with E-state index >= 15 is 0 Å². The molecule has 1 aliphatic heterocycles. The molecule has 0 aromatic heterocycles. The molecule has 38 heavy (non-hydrogen) atoms. The molecule has 1 heterocycles. The fourth-order valence-corrected chi connectivity index (χ4v) is 4.21. The molecule has 3 aromatic carbocycles. The Balaban J connectivity index is 1.73. The molecule has 4 rings (SSSR count). The Morgan fingerprint density at radius 1 is 1.08 bits per heavy atom. The topological polar surface area (TPSA) is 84.9 Å². The molecule has 1 fully saturated rings. The first-order valence-corrected chi connectivity index (χ1v) is 12.0. The molecule has 1 N–H and O–H groups in total. The molecule has 0 saturated carbocycles. The number of amides is 4. The second-order valence-corrected chi connectivity index (χ2v) is 8.83. The molecule has 0 atom stereocenters.